The normalized spacial score (nSPS) is 10.7. The van der Waals surface area contributed by atoms with E-state index in [1.54, 1.807) is 6.92 Å². The summed E-state index contributed by atoms with van der Waals surface area (Å²) < 4.78 is 31.5. The van der Waals surface area contributed by atoms with E-state index in [9.17, 15) is 13.6 Å². The van der Waals surface area contributed by atoms with Crippen LogP contribution in [0.15, 0.2) is 42.5 Å². The molecule has 0 atom stereocenters. The highest BCUT2D eigenvalue weighted by molar-refractivity contribution is 5.96. The SMILES string of the molecule is COC(=O)Cc1c(C)nc2ccccc2c1Nc1ccc(F)c(F)c1. The second kappa shape index (κ2) is 6.84. The predicted molar refractivity (Wildman–Crippen MR) is 91.8 cm³/mol. The summed E-state index contributed by atoms with van der Waals surface area (Å²) in [5.74, 6) is -2.28. The van der Waals surface area contributed by atoms with Crippen LogP contribution in [0.5, 0.6) is 0 Å². The first-order valence-electron chi connectivity index (χ1n) is 7.66. The van der Waals surface area contributed by atoms with Crippen LogP contribution in [0.1, 0.15) is 11.3 Å². The minimum atomic E-state index is -0.949. The number of carbonyl (C=O) groups is 1. The Balaban J connectivity index is 2.16. The molecule has 0 amide bonds. The Kier molecular flexibility index (Phi) is 4.61. The third-order valence-electron chi connectivity index (χ3n) is 3.94. The molecule has 4 nitrogen and oxygen atoms in total. The maximum absolute atomic E-state index is 13.5. The van der Waals surface area contributed by atoms with Gasteiger partial charge in [0.15, 0.2) is 11.6 Å². The molecular formula is C19H16F2N2O2. The molecule has 0 saturated carbocycles. The topological polar surface area (TPSA) is 51.2 Å². The van der Waals surface area contributed by atoms with E-state index in [4.69, 9.17) is 4.74 Å². The van der Waals surface area contributed by atoms with Gasteiger partial charge in [-0.1, -0.05) is 18.2 Å². The number of ether oxygens (including phenoxy) is 1. The zero-order valence-corrected chi connectivity index (χ0v) is 13.8. The molecule has 2 aromatic carbocycles. The summed E-state index contributed by atoms with van der Waals surface area (Å²) in [6.07, 6.45) is 0.0200. The van der Waals surface area contributed by atoms with Gasteiger partial charge in [0, 0.05) is 28.4 Å². The van der Waals surface area contributed by atoms with Gasteiger partial charge in [0.05, 0.1) is 24.7 Å². The third-order valence-corrected chi connectivity index (χ3v) is 3.94. The predicted octanol–water partition coefficient (Wildman–Crippen LogP) is 4.28. The molecule has 1 aromatic heterocycles. The van der Waals surface area contributed by atoms with Gasteiger partial charge in [0.25, 0.3) is 0 Å². The number of nitrogens with zero attached hydrogens (tertiary/aromatic N) is 1. The summed E-state index contributed by atoms with van der Waals surface area (Å²) in [5, 5.41) is 3.87. The highest BCUT2D eigenvalue weighted by atomic mass is 19.2. The summed E-state index contributed by atoms with van der Waals surface area (Å²) in [7, 11) is 1.31. The number of aromatic nitrogens is 1. The average molecular weight is 342 g/mol. The summed E-state index contributed by atoms with van der Waals surface area (Å²) in [4.78, 5) is 16.3. The number of halogens is 2. The van der Waals surface area contributed by atoms with Gasteiger partial charge in [-0.05, 0) is 25.1 Å². The molecule has 0 aliphatic heterocycles. The van der Waals surface area contributed by atoms with Crippen molar-refractivity contribution in [2.75, 3.05) is 12.4 Å². The molecule has 0 saturated heterocycles. The first-order valence-corrected chi connectivity index (χ1v) is 7.66. The fourth-order valence-electron chi connectivity index (χ4n) is 2.67. The first kappa shape index (κ1) is 16.8. The molecule has 25 heavy (non-hydrogen) atoms. The van der Waals surface area contributed by atoms with Gasteiger partial charge in [0.2, 0.25) is 0 Å². The minimum Gasteiger partial charge on any atom is -0.469 e. The van der Waals surface area contributed by atoms with Gasteiger partial charge < -0.3 is 10.1 Å². The average Bonchev–Trinajstić information content (AvgIpc) is 2.60. The molecule has 0 fully saturated rings. The fourth-order valence-corrected chi connectivity index (χ4v) is 2.67. The van der Waals surface area contributed by atoms with Crippen molar-refractivity contribution in [2.45, 2.75) is 13.3 Å². The number of anilines is 2. The van der Waals surface area contributed by atoms with Crippen molar-refractivity contribution >= 4 is 28.2 Å². The minimum absolute atomic E-state index is 0.0200. The van der Waals surface area contributed by atoms with Crippen molar-refractivity contribution in [3.8, 4) is 0 Å². The summed E-state index contributed by atoms with van der Waals surface area (Å²) in [6, 6.07) is 11.0. The first-order chi connectivity index (χ1) is 12.0. The maximum atomic E-state index is 13.5. The van der Waals surface area contributed by atoms with E-state index < -0.39 is 17.6 Å². The molecule has 0 bridgehead atoms. The lowest BCUT2D eigenvalue weighted by atomic mass is 10.0. The monoisotopic (exact) mass is 342 g/mol. The molecule has 1 heterocycles. The largest absolute Gasteiger partial charge is 0.469 e. The van der Waals surface area contributed by atoms with Crippen molar-refractivity contribution in [1.82, 2.24) is 4.98 Å². The van der Waals surface area contributed by atoms with Crippen LogP contribution >= 0.6 is 0 Å². The van der Waals surface area contributed by atoms with E-state index in [1.807, 2.05) is 24.3 Å². The number of rotatable bonds is 4. The third kappa shape index (κ3) is 3.42. The van der Waals surface area contributed by atoms with E-state index in [2.05, 4.69) is 10.3 Å². The molecule has 0 unspecified atom stereocenters. The number of methoxy groups -OCH3 is 1. The maximum Gasteiger partial charge on any atom is 0.310 e. The number of aryl methyl sites for hydroxylation is 1. The van der Waals surface area contributed by atoms with E-state index >= 15 is 0 Å². The van der Waals surface area contributed by atoms with Gasteiger partial charge in [-0.15, -0.1) is 0 Å². The number of para-hydroxylation sites is 1. The van der Waals surface area contributed by atoms with Crippen molar-refractivity contribution in [3.63, 3.8) is 0 Å². The van der Waals surface area contributed by atoms with E-state index in [-0.39, 0.29) is 6.42 Å². The molecule has 1 N–H and O–H groups in total. The van der Waals surface area contributed by atoms with Gasteiger partial charge in [-0.2, -0.15) is 0 Å². The number of benzene rings is 2. The van der Waals surface area contributed by atoms with E-state index in [0.717, 1.165) is 23.0 Å². The van der Waals surface area contributed by atoms with Crippen LogP contribution in [0.4, 0.5) is 20.2 Å². The molecule has 0 spiro atoms. The van der Waals surface area contributed by atoms with Crippen LogP contribution in [0.3, 0.4) is 0 Å². The smallest absolute Gasteiger partial charge is 0.310 e. The van der Waals surface area contributed by atoms with Gasteiger partial charge in [0.1, 0.15) is 0 Å². The molecule has 6 heteroatoms. The Morgan fingerprint density at radius 2 is 1.92 bits per heavy atom. The van der Waals surface area contributed by atoms with Crippen LogP contribution in [0, 0.1) is 18.6 Å². The second-order valence-corrected chi connectivity index (χ2v) is 5.57. The van der Waals surface area contributed by atoms with Crippen LogP contribution in [-0.2, 0) is 16.0 Å². The molecule has 128 valence electrons. The van der Waals surface area contributed by atoms with Crippen molar-refractivity contribution in [2.24, 2.45) is 0 Å². The standard InChI is InChI=1S/C19H16F2N2O2/c1-11-14(10-18(24)25-2)19(13-5-3-4-6-17(13)22-11)23-12-7-8-15(20)16(21)9-12/h3-9H,10H2,1-2H3,(H,22,23). The van der Waals surface area contributed by atoms with E-state index in [0.29, 0.717) is 22.6 Å². The Hall–Kier alpha value is -3.02. The lowest BCUT2D eigenvalue weighted by Crippen LogP contribution is -2.10. The van der Waals surface area contributed by atoms with Gasteiger partial charge in [-0.25, -0.2) is 8.78 Å². The van der Waals surface area contributed by atoms with Crippen LogP contribution < -0.4 is 5.32 Å². The summed E-state index contributed by atoms with van der Waals surface area (Å²) >= 11 is 0. The zero-order valence-electron chi connectivity index (χ0n) is 13.8. The number of hydrogen-bond donors (Lipinski definition) is 1. The molecule has 3 rings (SSSR count). The molecule has 0 aliphatic rings. The molecule has 0 radical (unpaired) electrons. The van der Waals surface area contributed by atoms with Crippen molar-refractivity contribution in [3.05, 3.63) is 65.4 Å². The Morgan fingerprint density at radius 3 is 2.64 bits per heavy atom. The number of nitrogens with one attached hydrogen (secondary N) is 1. The summed E-state index contributed by atoms with van der Waals surface area (Å²) in [6.45, 7) is 1.79. The van der Waals surface area contributed by atoms with Crippen molar-refractivity contribution in [1.29, 1.82) is 0 Å². The molecular weight excluding hydrogens is 326 g/mol. The van der Waals surface area contributed by atoms with Crippen LogP contribution in [-0.4, -0.2) is 18.1 Å². The van der Waals surface area contributed by atoms with Gasteiger partial charge in [-0.3, -0.25) is 9.78 Å². The molecule has 3 aromatic rings. The molecule has 0 aliphatic carbocycles. The highest BCUT2D eigenvalue weighted by Crippen LogP contribution is 2.32. The zero-order chi connectivity index (χ0) is 18.0. The Bertz CT molecular complexity index is 958. The van der Waals surface area contributed by atoms with E-state index in [1.165, 1.54) is 13.2 Å². The van der Waals surface area contributed by atoms with Gasteiger partial charge >= 0.3 is 5.97 Å². The van der Waals surface area contributed by atoms with Crippen LogP contribution in [0.25, 0.3) is 10.9 Å². The highest BCUT2D eigenvalue weighted by Gasteiger charge is 2.17. The lowest BCUT2D eigenvalue weighted by molar-refractivity contribution is -0.139. The quantitative estimate of drug-likeness (QED) is 0.719. The number of pyridine rings is 1. The Labute approximate surface area is 143 Å². The number of fused-ring (bicyclic) bond motifs is 1. The van der Waals surface area contributed by atoms with Crippen molar-refractivity contribution < 1.29 is 18.3 Å². The second-order valence-electron chi connectivity index (χ2n) is 5.57. The lowest BCUT2D eigenvalue weighted by Gasteiger charge is -2.17. The Morgan fingerprint density at radius 1 is 1.16 bits per heavy atom. The van der Waals surface area contributed by atoms with Crippen LogP contribution in [0.2, 0.25) is 0 Å². The fraction of sp³-hybridized carbons (Fsp3) is 0.158. The number of hydrogen-bond acceptors (Lipinski definition) is 4. The number of esters is 1. The summed E-state index contributed by atoms with van der Waals surface area (Å²) in [5.41, 5.74) is 3.04. The number of carbonyl (C=O) groups excluding carboxylic acids is 1.